The minimum atomic E-state index is -4.81. The molecule has 7 heteroatoms. The van der Waals surface area contributed by atoms with Gasteiger partial charge < -0.3 is 9.79 Å². The number of phosphoric acid groups is 1. The Morgan fingerprint density at radius 1 is 1.57 bits per heavy atom. The van der Waals surface area contributed by atoms with E-state index in [1.807, 2.05) is 0 Å². The van der Waals surface area contributed by atoms with Crippen LogP contribution >= 0.6 is 7.82 Å². The number of halogens is 1. The zero-order valence-electron chi connectivity index (χ0n) is 2.54. The first kappa shape index (κ1) is 10.5. The van der Waals surface area contributed by atoms with Gasteiger partial charge in [-0.25, -0.2) is 4.57 Å². The third-order valence-electron chi connectivity index (χ3n) is 0.0899. The van der Waals surface area contributed by atoms with Crippen LogP contribution in [0.3, 0.4) is 0 Å². The predicted octanol–water partition coefficient (Wildman–Crippen LogP) is -1.20. The van der Waals surface area contributed by atoms with Gasteiger partial charge >= 0.3 is 7.82 Å². The largest absolute Gasteiger partial charge is 0.500 e. The van der Waals surface area contributed by atoms with Gasteiger partial charge in [-0.2, -0.15) is 0 Å². The highest BCUT2D eigenvalue weighted by Crippen LogP contribution is 2.35. The molecule has 4 nitrogen and oxygen atoms in total. The van der Waals surface area contributed by atoms with Gasteiger partial charge in [0.15, 0.2) is 17.4 Å². The zero-order valence-corrected chi connectivity index (χ0v) is 3.43. The smallest absolute Gasteiger partial charge is 0.301 e. The normalized spacial score (nSPS) is 10.1. The summed E-state index contributed by atoms with van der Waals surface area (Å²) in [6.07, 6.45) is 0. The molecule has 0 heterocycles. The molecule has 0 radical (unpaired) electrons. The minimum Gasteiger partial charge on any atom is -0.301 e. The lowest BCUT2D eigenvalue weighted by atomic mass is 15.6. The second-order valence-electron chi connectivity index (χ2n) is 0.560. The number of hydrogen-bond acceptors (Lipinski definition) is 2. The van der Waals surface area contributed by atoms with Gasteiger partial charge in [-0.3, -0.25) is 0 Å². The molecule has 0 aromatic heterocycles. The Bertz CT molecular complexity index is 75.8. The molecule has 0 aliphatic carbocycles. The van der Waals surface area contributed by atoms with Crippen molar-refractivity contribution in [1.82, 2.24) is 0 Å². The lowest BCUT2D eigenvalue weighted by Crippen LogP contribution is -1.71. The molecular weight excluding hydrogens is 141 g/mol. The van der Waals surface area contributed by atoms with E-state index in [1.165, 1.54) is 0 Å². The van der Waals surface area contributed by atoms with E-state index in [0.29, 0.717) is 0 Å². The average Bonchev–Trinajstić information content (AvgIpc) is 1.35. The molecule has 0 rings (SSSR count). The molecule has 44 valence electrons. The predicted molar refractivity (Wildman–Crippen MR) is 24.2 cm³/mol. The second-order valence-corrected chi connectivity index (χ2v) is 1.68. The summed E-state index contributed by atoms with van der Waals surface area (Å²) < 4.78 is 21.4. The monoisotopic (exact) mass is 146 g/mol. The highest BCUT2D eigenvalue weighted by molar-refractivity contribution is 7.46. The average molecular weight is 146 g/mol. The first-order valence-corrected chi connectivity index (χ1v) is 2.45. The van der Waals surface area contributed by atoms with Crippen LogP contribution < -0.4 is 0 Å². The number of rotatable bonds is 1. The van der Waals surface area contributed by atoms with Gasteiger partial charge in [-0.05, 0) is 4.53 Å². The Labute approximate surface area is 49.6 Å². The molecule has 0 unspecified atom stereocenters. The highest BCUT2D eigenvalue weighted by atomic mass is 31.2. The molecule has 0 aliphatic heterocycles. The maximum atomic E-state index is 10.2. The summed E-state index contributed by atoms with van der Waals surface area (Å²) in [5.41, 5.74) is 0. The quantitative estimate of drug-likeness (QED) is 0.360. The lowest BCUT2D eigenvalue weighted by molar-refractivity contribution is -0.0389. The van der Waals surface area contributed by atoms with E-state index >= 15 is 0 Å². The standard InChI is InChI=1S/Al.FH2O4P.3H/c;1-5-6(2,3)4;;;/h;(H2,2,3,4);;;. The van der Waals surface area contributed by atoms with Crippen molar-refractivity contribution in [3.05, 3.63) is 0 Å². The van der Waals surface area contributed by atoms with Crippen LogP contribution in [0.15, 0.2) is 0 Å². The van der Waals surface area contributed by atoms with Crippen LogP contribution in [-0.2, 0) is 9.29 Å². The summed E-state index contributed by atoms with van der Waals surface area (Å²) in [5, 5.41) is 0. The van der Waals surface area contributed by atoms with Crippen molar-refractivity contribution in [2.24, 2.45) is 0 Å². The third-order valence-corrected chi connectivity index (χ3v) is 0.270. The molecule has 0 amide bonds. The molecule has 0 saturated heterocycles. The highest BCUT2D eigenvalue weighted by Gasteiger charge is 2.12. The first-order valence-electron chi connectivity index (χ1n) is 0.919. The molecule has 0 bridgehead atoms. The van der Waals surface area contributed by atoms with Crippen LogP contribution in [0.2, 0.25) is 0 Å². The summed E-state index contributed by atoms with van der Waals surface area (Å²) in [6.45, 7) is 0. The van der Waals surface area contributed by atoms with Gasteiger partial charge in [0.25, 0.3) is 0 Å². The fraction of sp³-hybridized carbons (Fsp3) is 0. The van der Waals surface area contributed by atoms with Crippen LogP contribution in [0.25, 0.3) is 0 Å². The second kappa shape index (κ2) is 3.56. The van der Waals surface area contributed by atoms with E-state index in [4.69, 9.17) is 14.4 Å². The van der Waals surface area contributed by atoms with Gasteiger partial charge in [-0.1, -0.05) is 4.73 Å². The third kappa shape index (κ3) is 10.8. The van der Waals surface area contributed by atoms with E-state index in [2.05, 4.69) is 4.73 Å². The lowest BCUT2D eigenvalue weighted by Gasteiger charge is -1.87. The van der Waals surface area contributed by atoms with Gasteiger partial charge in [0.2, 0.25) is 0 Å². The molecule has 7 heavy (non-hydrogen) atoms. The van der Waals surface area contributed by atoms with Crippen molar-refractivity contribution < 1.29 is 23.6 Å². The van der Waals surface area contributed by atoms with Crippen molar-refractivity contribution in [3.63, 3.8) is 0 Å². The van der Waals surface area contributed by atoms with E-state index < -0.39 is 7.82 Å². The van der Waals surface area contributed by atoms with Gasteiger partial charge in [-0.15, -0.1) is 0 Å². The van der Waals surface area contributed by atoms with E-state index in [9.17, 15) is 4.53 Å². The van der Waals surface area contributed by atoms with Crippen molar-refractivity contribution in [1.29, 1.82) is 0 Å². The Kier molecular flexibility index (Phi) is 5.36. The molecule has 0 saturated carbocycles. The molecular formula is H5AlFO4P. The van der Waals surface area contributed by atoms with Gasteiger partial charge in [0.1, 0.15) is 0 Å². The van der Waals surface area contributed by atoms with E-state index in [0.717, 1.165) is 0 Å². The van der Waals surface area contributed by atoms with E-state index in [1.54, 1.807) is 0 Å². The molecule has 0 aromatic carbocycles. The van der Waals surface area contributed by atoms with Crippen molar-refractivity contribution in [2.45, 2.75) is 0 Å². The molecule has 0 aromatic rings. The SMILES string of the molecule is O=P(O)(O)OF.[AlH3]. The van der Waals surface area contributed by atoms with Crippen LogP contribution in [0.1, 0.15) is 0 Å². The maximum absolute atomic E-state index is 10.2. The Morgan fingerprint density at radius 2 is 1.71 bits per heavy atom. The fourth-order valence-corrected chi connectivity index (χ4v) is 0. The van der Waals surface area contributed by atoms with Crippen LogP contribution in [-0.4, -0.2) is 27.1 Å². The van der Waals surface area contributed by atoms with Crippen LogP contribution in [0.5, 0.6) is 0 Å². The Balaban J connectivity index is 0. The molecule has 2 N–H and O–H groups in total. The van der Waals surface area contributed by atoms with E-state index in [-0.39, 0.29) is 17.4 Å². The first-order chi connectivity index (χ1) is 2.56. The summed E-state index contributed by atoms with van der Waals surface area (Å²) in [4.78, 5) is 14.7. The van der Waals surface area contributed by atoms with Crippen molar-refractivity contribution >= 4 is 25.2 Å². The minimum absolute atomic E-state index is 0. The molecule has 0 spiro atoms. The summed E-state index contributed by atoms with van der Waals surface area (Å²) >= 11 is 0. The van der Waals surface area contributed by atoms with Crippen molar-refractivity contribution in [3.8, 4) is 0 Å². The van der Waals surface area contributed by atoms with Crippen molar-refractivity contribution in [2.75, 3.05) is 0 Å². The molecule has 0 aliphatic rings. The summed E-state index contributed by atoms with van der Waals surface area (Å²) in [6, 6.07) is 0. The zero-order chi connectivity index (χ0) is 5.21. The topological polar surface area (TPSA) is 66.8 Å². The molecule has 0 fully saturated rings. The van der Waals surface area contributed by atoms with Crippen LogP contribution in [0.4, 0.5) is 4.53 Å². The maximum Gasteiger partial charge on any atom is 0.500 e. The van der Waals surface area contributed by atoms with Crippen LogP contribution in [0, 0.1) is 0 Å². The number of hydrogen-bond donors (Lipinski definition) is 2. The van der Waals surface area contributed by atoms with Gasteiger partial charge in [0.05, 0.1) is 0 Å². The Hall–Kier alpha value is 0.572. The summed E-state index contributed by atoms with van der Waals surface area (Å²) in [7, 11) is -4.81. The fourth-order valence-electron chi connectivity index (χ4n) is 0. The van der Waals surface area contributed by atoms with Gasteiger partial charge in [0, 0.05) is 0 Å². The molecule has 0 atom stereocenters. The Morgan fingerprint density at radius 3 is 1.71 bits per heavy atom. The summed E-state index contributed by atoms with van der Waals surface area (Å²) in [5.74, 6) is 0.